The van der Waals surface area contributed by atoms with Gasteiger partial charge < -0.3 is 99.8 Å². The number of ether oxygens (including phenoxy) is 7. The van der Waals surface area contributed by atoms with Crippen molar-refractivity contribution >= 4 is 5.91 Å². The van der Waals surface area contributed by atoms with Crippen LogP contribution in [0.15, 0.2) is 0 Å². The molecular formula is C27H47NO20. The zero-order valence-electron chi connectivity index (χ0n) is 26.0. The van der Waals surface area contributed by atoms with E-state index in [-0.39, 0.29) is 0 Å². The van der Waals surface area contributed by atoms with Crippen LogP contribution in [-0.4, -0.2) is 216 Å². The Labute approximate surface area is 273 Å². The lowest BCUT2D eigenvalue weighted by Gasteiger charge is -2.50. The SMILES string of the molecule is CC(=O)NC1[C@H](O[C@@H]2C(O)[C@H](O[C@@H]3C(CO)OC(C)C(O)[C@H]3O)OC(CO)[C@@H]2O)OC(CO)[C@@H](O[C@@H]2OC(CO)[C@H](O)[C@H](O)C2O)[C@@H]1O. The molecule has 13 N–H and O–H groups in total. The molecule has 0 spiro atoms. The van der Waals surface area contributed by atoms with Gasteiger partial charge in [0.15, 0.2) is 18.9 Å². The quantitative estimate of drug-likeness (QED) is 0.0949. The van der Waals surface area contributed by atoms with Crippen LogP contribution in [-0.2, 0) is 38.0 Å². The van der Waals surface area contributed by atoms with Crippen molar-refractivity contribution in [3.05, 3.63) is 0 Å². The van der Waals surface area contributed by atoms with Crippen LogP contribution in [0.25, 0.3) is 0 Å². The summed E-state index contributed by atoms with van der Waals surface area (Å²) in [4.78, 5) is 12.2. The fraction of sp³-hybridized carbons (Fsp3) is 0.963. The van der Waals surface area contributed by atoms with Crippen LogP contribution in [0.1, 0.15) is 13.8 Å². The van der Waals surface area contributed by atoms with Crippen LogP contribution in [0.3, 0.4) is 0 Å². The van der Waals surface area contributed by atoms with Gasteiger partial charge in [0.25, 0.3) is 0 Å². The molecule has 280 valence electrons. The predicted molar refractivity (Wildman–Crippen MR) is 149 cm³/mol. The summed E-state index contributed by atoms with van der Waals surface area (Å²) in [5, 5.41) is 127. The standard InChI is InChI=1S/C27H47NO20/c1-7-14(34)19(39)23(11(5-31)42-7)47-27-21(41)24(16(36)10(4-30)44-27)48-25-13(28-8(2)33)17(37)22(12(6-32)45-25)46-26-20(40)18(38)15(35)9(3-29)43-26/h7,9-27,29-32,34-41H,3-6H2,1-2H3,(H,28,33)/t7?,9?,10?,11?,12?,13?,14?,15-,16-,17+,18-,19+,20?,21?,22+,23+,24-,25-,26-,27-/m0/s1. The van der Waals surface area contributed by atoms with Crippen molar-refractivity contribution in [3.63, 3.8) is 0 Å². The Morgan fingerprint density at radius 2 is 0.979 bits per heavy atom. The molecule has 0 aromatic heterocycles. The van der Waals surface area contributed by atoms with Gasteiger partial charge in [0.2, 0.25) is 5.91 Å². The first-order valence-electron chi connectivity index (χ1n) is 15.4. The summed E-state index contributed by atoms with van der Waals surface area (Å²) in [7, 11) is 0. The smallest absolute Gasteiger partial charge is 0.217 e. The van der Waals surface area contributed by atoms with E-state index in [0.29, 0.717) is 0 Å². The van der Waals surface area contributed by atoms with Gasteiger partial charge in [0.1, 0.15) is 97.6 Å². The lowest BCUT2D eigenvalue weighted by Crippen LogP contribution is -2.69. The van der Waals surface area contributed by atoms with E-state index in [4.69, 9.17) is 33.2 Å². The molecule has 4 saturated heterocycles. The first-order valence-corrected chi connectivity index (χ1v) is 15.4. The summed E-state index contributed by atoms with van der Waals surface area (Å²) >= 11 is 0. The number of nitrogens with one attached hydrogen (secondary N) is 1. The summed E-state index contributed by atoms with van der Waals surface area (Å²) < 4.78 is 39.3. The van der Waals surface area contributed by atoms with E-state index in [1.165, 1.54) is 6.92 Å². The molecule has 0 radical (unpaired) electrons. The van der Waals surface area contributed by atoms with Gasteiger partial charge in [-0.15, -0.1) is 0 Å². The summed E-state index contributed by atoms with van der Waals surface area (Å²) in [6.45, 7) is -0.677. The highest BCUT2D eigenvalue weighted by Crippen LogP contribution is 2.34. The van der Waals surface area contributed by atoms with Crippen molar-refractivity contribution in [1.29, 1.82) is 0 Å². The zero-order valence-corrected chi connectivity index (χ0v) is 26.0. The Morgan fingerprint density at radius 3 is 1.52 bits per heavy atom. The van der Waals surface area contributed by atoms with E-state index in [1.807, 2.05) is 0 Å². The molecule has 0 saturated carbocycles. The van der Waals surface area contributed by atoms with E-state index in [0.717, 1.165) is 6.92 Å². The topological polar surface area (TPSA) is 336 Å². The molecule has 4 aliphatic rings. The lowest BCUT2D eigenvalue weighted by atomic mass is 9.94. The molecule has 0 bridgehead atoms. The lowest BCUT2D eigenvalue weighted by molar-refractivity contribution is -0.376. The molecule has 0 aromatic carbocycles. The molecule has 9 unspecified atom stereocenters. The predicted octanol–water partition coefficient (Wildman–Crippen LogP) is -8.53. The van der Waals surface area contributed by atoms with Gasteiger partial charge in [-0.25, -0.2) is 0 Å². The second-order valence-corrected chi connectivity index (χ2v) is 12.2. The number of carbonyl (C=O) groups is 1. The van der Waals surface area contributed by atoms with Gasteiger partial charge in [0, 0.05) is 6.92 Å². The zero-order chi connectivity index (χ0) is 35.6. The third kappa shape index (κ3) is 8.10. The van der Waals surface area contributed by atoms with Crippen LogP contribution < -0.4 is 5.32 Å². The highest BCUT2D eigenvalue weighted by Gasteiger charge is 2.55. The van der Waals surface area contributed by atoms with Crippen molar-refractivity contribution in [2.75, 3.05) is 26.4 Å². The van der Waals surface area contributed by atoms with Crippen molar-refractivity contribution < 1.29 is 99.2 Å². The van der Waals surface area contributed by atoms with Crippen molar-refractivity contribution in [2.45, 2.75) is 136 Å². The molecule has 4 rings (SSSR count). The third-order valence-electron chi connectivity index (χ3n) is 8.87. The molecule has 21 nitrogen and oxygen atoms in total. The fourth-order valence-corrected chi connectivity index (χ4v) is 6.15. The second-order valence-electron chi connectivity index (χ2n) is 12.2. The van der Waals surface area contributed by atoms with Crippen molar-refractivity contribution in [1.82, 2.24) is 5.32 Å². The van der Waals surface area contributed by atoms with Crippen LogP contribution in [0.4, 0.5) is 0 Å². The second kappa shape index (κ2) is 16.8. The fourth-order valence-electron chi connectivity index (χ4n) is 6.15. The first kappa shape index (κ1) is 39.5. The normalized spacial score (nSPS) is 50.2. The van der Waals surface area contributed by atoms with E-state index < -0.39 is 155 Å². The molecule has 21 heteroatoms. The van der Waals surface area contributed by atoms with Crippen LogP contribution in [0.5, 0.6) is 0 Å². The van der Waals surface area contributed by atoms with Gasteiger partial charge >= 0.3 is 0 Å². The Bertz CT molecular complexity index is 1030. The third-order valence-corrected chi connectivity index (χ3v) is 8.87. The average molecular weight is 706 g/mol. The highest BCUT2D eigenvalue weighted by molar-refractivity contribution is 5.73. The summed E-state index contributed by atoms with van der Waals surface area (Å²) in [6.07, 6.45) is -30.9. The molecule has 1 amide bonds. The number of hydrogen-bond acceptors (Lipinski definition) is 20. The molecule has 0 aromatic rings. The van der Waals surface area contributed by atoms with Gasteiger partial charge in [-0.3, -0.25) is 4.79 Å². The van der Waals surface area contributed by atoms with E-state index >= 15 is 0 Å². The maximum Gasteiger partial charge on any atom is 0.217 e. The van der Waals surface area contributed by atoms with Gasteiger partial charge in [-0.2, -0.15) is 0 Å². The first-order chi connectivity index (χ1) is 22.7. The minimum Gasteiger partial charge on any atom is -0.394 e. The number of amides is 1. The Kier molecular flexibility index (Phi) is 13.8. The summed E-state index contributed by atoms with van der Waals surface area (Å²) in [5.74, 6) is -0.734. The van der Waals surface area contributed by atoms with Crippen LogP contribution >= 0.6 is 0 Å². The average Bonchev–Trinajstić information content (AvgIpc) is 3.06. The minimum absolute atomic E-state index is 0.672. The van der Waals surface area contributed by atoms with Crippen molar-refractivity contribution in [3.8, 4) is 0 Å². The number of aliphatic hydroxyl groups excluding tert-OH is 12. The molecule has 4 aliphatic heterocycles. The van der Waals surface area contributed by atoms with Crippen molar-refractivity contribution in [2.24, 2.45) is 0 Å². The largest absolute Gasteiger partial charge is 0.394 e. The Hall–Kier alpha value is -1.29. The summed E-state index contributed by atoms with van der Waals surface area (Å²) in [6, 6.07) is -1.58. The van der Waals surface area contributed by atoms with Crippen LogP contribution in [0.2, 0.25) is 0 Å². The molecule has 20 atom stereocenters. The monoisotopic (exact) mass is 705 g/mol. The van der Waals surface area contributed by atoms with E-state index in [2.05, 4.69) is 5.32 Å². The molecule has 4 heterocycles. The maximum atomic E-state index is 12.2. The Balaban J connectivity index is 1.56. The minimum atomic E-state index is -1.96. The highest BCUT2D eigenvalue weighted by atomic mass is 16.8. The number of carbonyl (C=O) groups excluding carboxylic acids is 1. The van der Waals surface area contributed by atoms with E-state index in [9.17, 15) is 66.1 Å². The molecule has 4 fully saturated rings. The Morgan fingerprint density at radius 1 is 0.521 bits per heavy atom. The molecule has 48 heavy (non-hydrogen) atoms. The van der Waals surface area contributed by atoms with Gasteiger partial charge in [-0.1, -0.05) is 0 Å². The molecular weight excluding hydrogens is 658 g/mol. The van der Waals surface area contributed by atoms with E-state index in [1.54, 1.807) is 0 Å². The van der Waals surface area contributed by atoms with Gasteiger partial charge in [0.05, 0.1) is 32.5 Å². The van der Waals surface area contributed by atoms with Gasteiger partial charge in [-0.05, 0) is 6.92 Å². The van der Waals surface area contributed by atoms with Crippen LogP contribution in [0, 0.1) is 0 Å². The number of hydrogen-bond donors (Lipinski definition) is 13. The number of rotatable bonds is 11. The molecule has 0 aliphatic carbocycles. The summed E-state index contributed by atoms with van der Waals surface area (Å²) in [5.41, 5.74) is 0. The number of aliphatic hydroxyl groups is 12. The maximum absolute atomic E-state index is 12.2.